The zero-order chi connectivity index (χ0) is 17.1. The van der Waals surface area contributed by atoms with E-state index in [1.54, 1.807) is 13.2 Å². The fraction of sp³-hybridized carbons (Fsp3) is 0.333. The summed E-state index contributed by atoms with van der Waals surface area (Å²) in [6.07, 6.45) is 2.75. The molecule has 126 valence electrons. The highest BCUT2D eigenvalue weighted by molar-refractivity contribution is 5.92. The third-order valence-electron chi connectivity index (χ3n) is 4.43. The van der Waals surface area contributed by atoms with E-state index in [4.69, 9.17) is 10.5 Å². The number of rotatable bonds is 5. The molecule has 0 aliphatic heterocycles. The fourth-order valence-corrected chi connectivity index (χ4v) is 3.12. The molecule has 4 N–H and O–H groups in total. The maximum atomic E-state index is 11.9. The van der Waals surface area contributed by atoms with E-state index in [1.165, 1.54) is 0 Å². The standard InChI is InChI=1S/C18H21N3O3/c1-24-12-7-5-11(6-8-12)10-20-15-3-2-4-16-13(15)9-14(17(19)22)18(23)21-16/h5-9,15,20H,2-4,10H2,1H3,(H2,19,22)(H,21,23). The Balaban J connectivity index is 1.79. The second-order valence-corrected chi connectivity index (χ2v) is 5.98. The summed E-state index contributed by atoms with van der Waals surface area (Å²) >= 11 is 0. The molecule has 0 fully saturated rings. The van der Waals surface area contributed by atoms with Gasteiger partial charge >= 0.3 is 0 Å². The molecular formula is C18H21N3O3. The molecule has 2 aromatic rings. The van der Waals surface area contributed by atoms with Crippen LogP contribution in [0.15, 0.2) is 35.1 Å². The molecule has 6 heteroatoms. The number of fused-ring (bicyclic) bond motifs is 1. The quantitative estimate of drug-likeness (QED) is 0.778. The third kappa shape index (κ3) is 3.33. The first-order valence-electron chi connectivity index (χ1n) is 8.00. The first-order valence-corrected chi connectivity index (χ1v) is 8.00. The summed E-state index contributed by atoms with van der Waals surface area (Å²) in [6.45, 7) is 0.694. The highest BCUT2D eigenvalue weighted by Gasteiger charge is 2.23. The number of amides is 1. The first-order chi connectivity index (χ1) is 11.6. The molecule has 24 heavy (non-hydrogen) atoms. The topological polar surface area (TPSA) is 97.2 Å². The molecule has 0 spiro atoms. The van der Waals surface area contributed by atoms with Crippen LogP contribution in [0.2, 0.25) is 0 Å². The Labute approximate surface area is 140 Å². The van der Waals surface area contributed by atoms with Crippen molar-refractivity contribution < 1.29 is 9.53 Å². The lowest BCUT2D eigenvalue weighted by Crippen LogP contribution is -2.31. The van der Waals surface area contributed by atoms with E-state index in [2.05, 4.69) is 10.3 Å². The fourth-order valence-electron chi connectivity index (χ4n) is 3.12. The molecule has 6 nitrogen and oxygen atoms in total. The van der Waals surface area contributed by atoms with Crippen molar-refractivity contribution in [3.63, 3.8) is 0 Å². The average Bonchev–Trinajstić information content (AvgIpc) is 2.59. The number of hydrogen-bond donors (Lipinski definition) is 3. The molecule has 0 bridgehead atoms. The van der Waals surface area contributed by atoms with Gasteiger partial charge in [0, 0.05) is 18.3 Å². The van der Waals surface area contributed by atoms with Gasteiger partial charge in [-0.1, -0.05) is 12.1 Å². The van der Waals surface area contributed by atoms with E-state index in [0.29, 0.717) is 6.54 Å². The molecule has 1 aromatic carbocycles. The van der Waals surface area contributed by atoms with Gasteiger partial charge in [0.25, 0.3) is 11.5 Å². The van der Waals surface area contributed by atoms with Gasteiger partial charge in [0.05, 0.1) is 7.11 Å². The Bertz CT molecular complexity index is 796. The Morgan fingerprint density at radius 2 is 2.12 bits per heavy atom. The largest absolute Gasteiger partial charge is 0.497 e. The predicted octanol–water partition coefficient (Wildman–Crippen LogP) is 1.65. The molecule has 1 atom stereocenters. The summed E-state index contributed by atoms with van der Waals surface area (Å²) in [5.41, 5.74) is 7.90. The number of benzene rings is 1. The second-order valence-electron chi connectivity index (χ2n) is 5.98. The van der Waals surface area contributed by atoms with Crippen LogP contribution in [0.3, 0.4) is 0 Å². The van der Waals surface area contributed by atoms with Gasteiger partial charge in [0.2, 0.25) is 0 Å². The number of primary amides is 1. The van der Waals surface area contributed by atoms with Crippen LogP contribution in [0, 0.1) is 0 Å². The van der Waals surface area contributed by atoms with Gasteiger partial charge in [-0.05, 0) is 48.6 Å². The van der Waals surface area contributed by atoms with E-state index >= 15 is 0 Å². The van der Waals surface area contributed by atoms with Crippen LogP contribution < -0.4 is 21.3 Å². The molecule has 1 amide bonds. The van der Waals surface area contributed by atoms with Crippen LogP contribution in [0.5, 0.6) is 5.75 Å². The molecule has 1 aliphatic rings. The second kappa shape index (κ2) is 6.88. The normalized spacial score (nSPS) is 16.5. The van der Waals surface area contributed by atoms with Gasteiger partial charge in [-0.25, -0.2) is 0 Å². The number of ether oxygens (including phenoxy) is 1. The predicted molar refractivity (Wildman–Crippen MR) is 91.1 cm³/mol. The van der Waals surface area contributed by atoms with Crippen molar-refractivity contribution in [1.82, 2.24) is 10.3 Å². The van der Waals surface area contributed by atoms with Crippen LogP contribution >= 0.6 is 0 Å². The number of nitrogens with two attached hydrogens (primary N) is 1. The highest BCUT2D eigenvalue weighted by Crippen LogP contribution is 2.28. The van der Waals surface area contributed by atoms with Crippen molar-refractivity contribution in [2.24, 2.45) is 5.73 Å². The summed E-state index contributed by atoms with van der Waals surface area (Å²) in [5, 5.41) is 3.50. The molecule has 1 aliphatic carbocycles. The van der Waals surface area contributed by atoms with Crippen LogP contribution in [0.4, 0.5) is 0 Å². The summed E-state index contributed by atoms with van der Waals surface area (Å²) in [6, 6.07) is 9.60. The number of pyridine rings is 1. The van der Waals surface area contributed by atoms with E-state index in [1.807, 2.05) is 24.3 Å². The number of H-pyrrole nitrogens is 1. The lowest BCUT2D eigenvalue weighted by atomic mass is 9.90. The van der Waals surface area contributed by atoms with Crippen molar-refractivity contribution in [1.29, 1.82) is 0 Å². The van der Waals surface area contributed by atoms with Crippen LogP contribution in [-0.2, 0) is 13.0 Å². The number of nitrogens with one attached hydrogen (secondary N) is 2. The number of carbonyl (C=O) groups is 1. The molecule has 0 saturated heterocycles. The Morgan fingerprint density at radius 1 is 1.38 bits per heavy atom. The molecular weight excluding hydrogens is 306 g/mol. The number of aromatic amines is 1. The van der Waals surface area contributed by atoms with Crippen LogP contribution in [0.25, 0.3) is 0 Å². The molecule has 3 rings (SSSR count). The molecule has 0 radical (unpaired) electrons. The van der Waals surface area contributed by atoms with Crippen molar-refractivity contribution in [3.05, 3.63) is 63.1 Å². The van der Waals surface area contributed by atoms with Crippen molar-refractivity contribution in [2.75, 3.05) is 7.11 Å². The van der Waals surface area contributed by atoms with Crippen molar-refractivity contribution in [3.8, 4) is 5.75 Å². The van der Waals surface area contributed by atoms with Gasteiger partial charge in [0.15, 0.2) is 0 Å². The van der Waals surface area contributed by atoms with E-state index in [9.17, 15) is 9.59 Å². The minimum atomic E-state index is -0.696. The number of methoxy groups -OCH3 is 1. The van der Waals surface area contributed by atoms with E-state index in [0.717, 1.165) is 41.8 Å². The van der Waals surface area contributed by atoms with Crippen molar-refractivity contribution >= 4 is 5.91 Å². The van der Waals surface area contributed by atoms with Crippen molar-refractivity contribution in [2.45, 2.75) is 31.8 Å². The summed E-state index contributed by atoms with van der Waals surface area (Å²) in [7, 11) is 1.64. The number of aryl methyl sites for hydroxylation is 1. The molecule has 1 unspecified atom stereocenters. The van der Waals surface area contributed by atoms with E-state index < -0.39 is 11.5 Å². The number of aromatic nitrogens is 1. The third-order valence-corrected chi connectivity index (χ3v) is 4.43. The summed E-state index contributed by atoms with van der Waals surface area (Å²) < 4.78 is 5.16. The minimum absolute atomic E-state index is 0.0203. The van der Waals surface area contributed by atoms with Gasteiger partial charge in [0.1, 0.15) is 11.3 Å². The summed E-state index contributed by atoms with van der Waals surface area (Å²) in [4.78, 5) is 26.1. The SMILES string of the molecule is COc1ccc(CNC2CCCc3[nH]c(=O)c(C(N)=O)cc32)cc1. The number of hydrogen-bond acceptors (Lipinski definition) is 4. The minimum Gasteiger partial charge on any atom is -0.497 e. The Kier molecular flexibility index (Phi) is 4.66. The summed E-state index contributed by atoms with van der Waals surface area (Å²) in [5.74, 6) is 0.129. The molecule has 0 saturated carbocycles. The van der Waals surface area contributed by atoms with E-state index in [-0.39, 0.29) is 11.6 Å². The highest BCUT2D eigenvalue weighted by atomic mass is 16.5. The van der Waals surface area contributed by atoms with Gasteiger partial charge in [-0.3, -0.25) is 9.59 Å². The molecule has 1 heterocycles. The maximum Gasteiger partial charge on any atom is 0.261 e. The lowest BCUT2D eigenvalue weighted by molar-refractivity contribution is 0.0998. The maximum absolute atomic E-state index is 11.9. The smallest absolute Gasteiger partial charge is 0.261 e. The lowest BCUT2D eigenvalue weighted by Gasteiger charge is -2.26. The zero-order valence-electron chi connectivity index (χ0n) is 13.6. The number of carbonyl (C=O) groups excluding carboxylic acids is 1. The molecule has 1 aromatic heterocycles. The Morgan fingerprint density at radius 3 is 2.79 bits per heavy atom. The van der Waals surface area contributed by atoms with Gasteiger partial charge in [-0.2, -0.15) is 0 Å². The zero-order valence-corrected chi connectivity index (χ0v) is 13.6. The Hall–Kier alpha value is -2.60. The van der Waals surface area contributed by atoms with Crippen LogP contribution in [0.1, 0.15) is 46.1 Å². The first kappa shape index (κ1) is 16.3. The average molecular weight is 327 g/mol. The van der Waals surface area contributed by atoms with Crippen LogP contribution in [-0.4, -0.2) is 18.0 Å². The van der Waals surface area contributed by atoms with Gasteiger partial charge < -0.3 is 20.8 Å². The van der Waals surface area contributed by atoms with Gasteiger partial charge in [-0.15, -0.1) is 0 Å². The monoisotopic (exact) mass is 327 g/mol.